The highest BCUT2D eigenvalue weighted by atomic mass is 16.7. The number of hydrogen-bond donors (Lipinski definition) is 1. The Morgan fingerprint density at radius 2 is 2.00 bits per heavy atom. The van der Waals surface area contributed by atoms with E-state index in [4.69, 9.17) is 0 Å². The van der Waals surface area contributed by atoms with Crippen molar-refractivity contribution >= 4 is 12.3 Å². The van der Waals surface area contributed by atoms with E-state index in [-0.39, 0.29) is 5.41 Å². The molecule has 1 N–H and O–H groups in total. The summed E-state index contributed by atoms with van der Waals surface area (Å²) < 4.78 is 0. The predicted octanol–water partition coefficient (Wildman–Crippen LogP) is 2.31. The molecule has 0 radical (unpaired) electrons. The molecule has 0 aliphatic rings. The molecule has 1 aromatic rings. The number of amides is 1. The van der Waals surface area contributed by atoms with Crippen molar-refractivity contribution in [3.8, 4) is 0 Å². The molecule has 4 nitrogen and oxygen atoms in total. The highest BCUT2D eigenvalue weighted by Gasteiger charge is 2.17. The number of hydrogen-bond acceptors (Lipinski definition) is 3. The largest absolute Gasteiger partial charge is 0.433 e. The molecule has 0 spiro atoms. The van der Waals surface area contributed by atoms with Crippen LogP contribution in [0, 0.1) is 0 Å². The first-order valence-corrected chi connectivity index (χ1v) is 5.05. The lowest BCUT2D eigenvalue weighted by Gasteiger charge is -2.18. The Morgan fingerprint density at radius 1 is 1.38 bits per heavy atom. The summed E-state index contributed by atoms with van der Waals surface area (Å²) in [5.41, 5.74) is 0.842. The van der Waals surface area contributed by atoms with Gasteiger partial charge in [-0.3, -0.25) is 4.84 Å². The van der Waals surface area contributed by atoms with E-state index in [1.807, 2.05) is 44.2 Å². The van der Waals surface area contributed by atoms with Gasteiger partial charge >= 0.3 is 6.09 Å². The maximum absolute atomic E-state index is 10.8. The van der Waals surface area contributed by atoms with Gasteiger partial charge in [0.1, 0.15) is 0 Å². The zero-order chi connectivity index (χ0) is 12.0. The molecule has 0 atom stereocenters. The third-order valence-electron chi connectivity index (χ3n) is 2.23. The average molecular weight is 220 g/mol. The van der Waals surface area contributed by atoms with Crippen molar-refractivity contribution in [2.45, 2.75) is 19.3 Å². The summed E-state index contributed by atoms with van der Waals surface area (Å²) in [5.74, 6) is 0. The van der Waals surface area contributed by atoms with Crippen molar-refractivity contribution in [3.05, 3.63) is 35.9 Å². The van der Waals surface area contributed by atoms with E-state index < -0.39 is 6.09 Å². The second-order valence-corrected chi connectivity index (χ2v) is 3.95. The van der Waals surface area contributed by atoms with Gasteiger partial charge in [0.15, 0.2) is 0 Å². The van der Waals surface area contributed by atoms with Crippen LogP contribution in [0.15, 0.2) is 35.5 Å². The van der Waals surface area contributed by atoms with Crippen LogP contribution >= 0.6 is 0 Å². The van der Waals surface area contributed by atoms with Crippen molar-refractivity contribution in [1.29, 1.82) is 0 Å². The minimum atomic E-state index is -0.569. The van der Waals surface area contributed by atoms with Gasteiger partial charge in [0.25, 0.3) is 0 Å². The van der Waals surface area contributed by atoms with E-state index in [1.54, 1.807) is 6.21 Å². The Hall–Kier alpha value is -1.84. The Balaban J connectivity index is 2.68. The smallest absolute Gasteiger partial charge is 0.323 e. The molecule has 0 bridgehead atoms. The van der Waals surface area contributed by atoms with E-state index in [0.717, 1.165) is 5.56 Å². The summed E-state index contributed by atoms with van der Waals surface area (Å²) in [7, 11) is 1.49. The molecular formula is C12H16N2O2. The van der Waals surface area contributed by atoms with Crippen LogP contribution in [-0.2, 0) is 10.3 Å². The minimum Gasteiger partial charge on any atom is -0.323 e. The maximum atomic E-state index is 10.8. The fraction of sp³-hybridized carbons (Fsp3) is 0.333. The molecule has 1 amide bonds. The van der Waals surface area contributed by atoms with Crippen LogP contribution in [0.1, 0.15) is 19.4 Å². The number of nitrogens with one attached hydrogen (secondary N) is 1. The standard InChI is InChI=1S/C12H16N2O2/c1-12(2,9-14-16-11(15)13-3)10-7-5-4-6-8-10/h4-9H,1-3H3,(H,13,15)/b14-9+. The Morgan fingerprint density at radius 3 is 2.56 bits per heavy atom. The van der Waals surface area contributed by atoms with Crippen LogP contribution in [0.3, 0.4) is 0 Å². The second-order valence-electron chi connectivity index (χ2n) is 3.95. The van der Waals surface area contributed by atoms with Gasteiger partial charge in [0.05, 0.1) is 6.21 Å². The van der Waals surface area contributed by atoms with Crippen molar-refractivity contribution in [2.24, 2.45) is 5.16 Å². The summed E-state index contributed by atoms with van der Waals surface area (Å²) >= 11 is 0. The summed E-state index contributed by atoms with van der Waals surface area (Å²) in [6, 6.07) is 9.89. The highest BCUT2D eigenvalue weighted by molar-refractivity contribution is 5.73. The number of carbonyl (C=O) groups is 1. The SMILES string of the molecule is CNC(=O)O/N=C/C(C)(C)c1ccccc1. The molecule has 16 heavy (non-hydrogen) atoms. The quantitative estimate of drug-likeness (QED) is 0.482. The van der Waals surface area contributed by atoms with Gasteiger partial charge in [0, 0.05) is 12.5 Å². The van der Waals surface area contributed by atoms with Crippen LogP contribution in [0.4, 0.5) is 4.79 Å². The van der Waals surface area contributed by atoms with Gasteiger partial charge in [-0.05, 0) is 5.56 Å². The molecular weight excluding hydrogens is 204 g/mol. The summed E-state index contributed by atoms with van der Waals surface area (Å²) in [4.78, 5) is 15.4. The van der Waals surface area contributed by atoms with E-state index in [2.05, 4.69) is 15.3 Å². The Bertz CT molecular complexity index is 372. The number of rotatable bonds is 3. The fourth-order valence-corrected chi connectivity index (χ4v) is 1.19. The number of oxime groups is 1. The third-order valence-corrected chi connectivity index (χ3v) is 2.23. The maximum Gasteiger partial charge on any atom is 0.433 e. The molecule has 0 saturated carbocycles. The van der Waals surface area contributed by atoms with Gasteiger partial charge in [-0.1, -0.05) is 49.3 Å². The lowest BCUT2D eigenvalue weighted by Crippen LogP contribution is -2.21. The molecule has 0 unspecified atom stereocenters. The van der Waals surface area contributed by atoms with Crippen molar-refractivity contribution < 1.29 is 9.63 Å². The molecule has 86 valence electrons. The number of carbonyl (C=O) groups excluding carboxylic acids is 1. The number of benzene rings is 1. The predicted molar refractivity (Wildman–Crippen MR) is 63.5 cm³/mol. The van der Waals surface area contributed by atoms with E-state index in [9.17, 15) is 4.79 Å². The lowest BCUT2D eigenvalue weighted by atomic mass is 9.86. The summed E-state index contributed by atoms with van der Waals surface area (Å²) in [6.45, 7) is 4.00. The number of nitrogens with zero attached hydrogens (tertiary/aromatic N) is 1. The zero-order valence-electron chi connectivity index (χ0n) is 9.73. The monoisotopic (exact) mass is 220 g/mol. The summed E-state index contributed by atoms with van der Waals surface area (Å²) in [5, 5.41) is 5.97. The highest BCUT2D eigenvalue weighted by Crippen LogP contribution is 2.20. The van der Waals surface area contributed by atoms with Crippen molar-refractivity contribution in [2.75, 3.05) is 7.05 Å². The topological polar surface area (TPSA) is 50.7 Å². The molecule has 1 aromatic carbocycles. The van der Waals surface area contributed by atoms with Gasteiger partial charge in [-0.15, -0.1) is 0 Å². The molecule has 0 saturated heterocycles. The van der Waals surface area contributed by atoms with Crippen LogP contribution in [-0.4, -0.2) is 19.4 Å². The van der Waals surface area contributed by atoms with Crippen molar-refractivity contribution in [1.82, 2.24) is 5.32 Å². The fourth-order valence-electron chi connectivity index (χ4n) is 1.19. The minimum absolute atomic E-state index is 0.269. The Labute approximate surface area is 95.3 Å². The first kappa shape index (κ1) is 12.2. The average Bonchev–Trinajstić information content (AvgIpc) is 2.30. The van der Waals surface area contributed by atoms with Crippen molar-refractivity contribution in [3.63, 3.8) is 0 Å². The third kappa shape index (κ3) is 3.38. The molecule has 4 heteroatoms. The molecule has 0 fully saturated rings. The van der Waals surface area contributed by atoms with E-state index in [0.29, 0.717) is 0 Å². The summed E-state index contributed by atoms with van der Waals surface area (Å²) in [6.07, 6.45) is 1.04. The normalized spacial score (nSPS) is 11.4. The van der Waals surface area contributed by atoms with Gasteiger partial charge in [-0.2, -0.15) is 0 Å². The zero-order valence-corrected chi connectivity index (χ0v) is 9.73. The van der Waals surface area contributed by atoms with Crippen LogP contribution in [0.25, 0.3) is 0 Å². The molecule has 1 rings (SSSR count). The van der Waals surface area contributed by atoms with E-state index >= 15 is 0 Å². The first-order valence-electron chi connectivity index (χ1n) is 5.05. The lowest BCUT2D eigenvalue weighted by molar-refractivity contribution is 0.153. The molecule has 0 aliphatic carbocycles. The van der Waals surface area contributed by atoms with E-state index in [1.165, 1.54) is 7.05 Å². The van der Waals surface area contributed by atoms with Crippen LogP contribution in [0.2, 0.25) is 0 Å². The molecule has 0 aromatic heterocycles. The Kier molecular flexibility index (Phi) is 4.05. The van der Waals surface area contributed by atoms with Gasteiger partial charge in [-0.25, -0.2) is 4.79 Å². The van der Waals surface area contributed by atoms with Gasteiger partial charge < -0.3 is 5.32 Å². The van der Waals surface area contributed by atoms with Crippen LogP contribution < -0.4 is 5.32 Å². The molecule has 0 heterocycles. The molecule has 0 aliphatic heterocycles. The first-order chi connectivity index (χ1) is 7.56. The second kappa shape index (κ2) is 5.30. The van der Waals surface area contributed by atoms with Gasteiger partial charge in [0.2, 0.25) is 0 Å². The van der Waals surface area contributed by atoms with Crippen LogP contribution in [0.5, 0.6) is 0 Å².